The van der Waals surface area contributed by atoms with Crippen LogP contribution in [-0.2, 0) is 6.54 Å². The minimum absolute atomic E-state index is 0.140. The zero-order valence-corrected chi connectivity index (χ0v) is 13.2. The lowest BCUT2D eigenvalue weighted by atomic mass is 10.1. The van der Waals surface area contributed by atoms with Gasteiger partial charge in [-0.1, -0.05) is 17.7 Å². The van der Waals surface area contributed by atoms with Crippen molar-refractivity contribution in [2.45, 2.75) is 6.54 Å². The summed E-state index contributed by atoms with van der Waals surface area (Å²) in [7, 11) is 1.85. The van der Waals surface area contributed by atoms with Gasteiger partial charge in [0.25, 0.3) is 0 Å². The third kappa shape index (κ3) is 3.29. The van der Waals surface area contributed by atoms with Crippen LogP contribution >= 0.6 is 38.9 Å². The van der Waals surface area contributed by atoms with Gasteiger partial charge in [-0.25, -0.2) is 4.79 Å². The summed E-state index contributed by atoms with van der Waals surface area (Å²) in [6, 6.07) is 7.12. The van der Waals surface area contributed by atoms with Crippen LogP contribution < -0.4 is 4.90 Å². The van der Waals surface area contributed by atoms with Crippen LogP contribution in [0.4, 0.5) is 5.69 Å². The number of carboxylic acid groups (broad SMARTS) is 1. The quantitative estimate of drug-likeness (QED) is 0.873. The maximum absolute atomic E-state index is 11.3. The first-order chi connectivity index (χ1) is 8.99. The van der Waals surface area contributed by atoms with Crippen molar-refractivity contribution in [2.24, 2.45) is 0 Å². The normalized spacial score (nSPS) is 10.5. The molecule has 1 aromatic heterocycles. The second-order valence-electron chi connectivity index (χ2n) is 4.05. The number of rotatable bonds is 4. The van der Waals surface area contributed by atoms with Crippen molar-refractivity contribution in [3.05, 3.63) is 49.6 Å². The van der Waals surface area contributed by atoms with E-state index in [-0.39, 0.29) is 10.6 Å². The van der Waals surface area contributed by atoms with Gasteiger partial charge in [0, 0.05) is 13.6 Å². The molecule has 1 aromatic carbocycles. The first-order valence-corrected chi connectivity index (χ1v) is 7.50. The smallest absolute Gasteiger partial charge is 0.339 e. The fraction of sp³-hybridized carbons (Fsp3) is 0.154. The van der Waals surface area contributed by atoms with Crippen LogP contribution in [0.3, 0.4) is 0 Å². The topological polar surface area (TPSA) is 40.5 Å². The third-order valence-corrected chi connectivity index (χ3v) is 4.53. The van der Waals surface area contributed by atoms with E-state index in [1.54, 1.807) is 29.5 Å². The van der Waals surface area contributed by atoms with Crippen LogP contribution in [0.15, 0.2) is 33.4 Å². The summed E-state index contributed by atoms with van der Waals surface area (Å²) in [5.74, 6) is -1.01. The number of thiophene rings is 1. The Morgan fingerprint density at radius 1 is 1.53 bits per heavy atom. The van der Waals surface area contributed by atoms with Crippen molar-refractivity contribution in [3.8, 4) is 0 Å². The van der Waals surface area contributed by atoms with Gasteiger partial charge in [-0.15, -0.1) is 11.3 Å². The lowest BCUT2D eigenvalue weighted by Gasteiger charge is -2.21. The van der Waals surface area contributed by atoms with E-state index < -0.39 is 5.97 Å². The molecule has 0 bridgehead atoms. The number of carbonyl (C=O) groups is 1. The Morgan fingerprint density at radius 2 is 2.26 bits per heavy atom. The molecule has 0 amide bonds. The molecule has 0 saturated carbocycles. The van der Waals surface area contributed by atoms with Crippen molar-refractivity contribution < 1.29 is 9.90 Å². The van der Waals surface area contributed by atoms with Crippen LogP contribution in [0.5, 0.6) is 0 Å². The summed E-state index contributed by atoms with van der Waals surface area (Å²) in [6.45, 7) is 0.628. The van der Waals surface area contributed by atoms with Crippen LogP contribution in [0.2, 0.25) is 5.02 Å². The minimum atomic E-state index is -1.01. The molecule has 0 aliphatic heterocycles. The number of nitrogens with zero attached hydrogens (tertiary/aromatic N) is 1. The van der Waals surface area contributed by atoms with Crippen LogP contribution in [0.1, 0.15) is 15.9 Å². The van der Waals surface area contributed by atoms with Crippen molar-refractivity contribution >= 4 is 50.5 Å². The molecule has 0 atom stereocenters. The molecule has 0 fully saturated rings. The number of halogens is 2. The summed E-state index contributed by atoms with van der Waals surface area (Å²) >= 11 is 11.0. The van der Waals surface area contributed by atoms with Gasteiger partial charge >= 0.3 is 5.97 Å². The Kier molecular flexibility index (Phi) is 4.50. The molecule has 0 spiro atoms. The molecular formula is C13H11BrClNO2S. The molecule has 1 heterocycles. The van der Waals surface area contributed by atoms with E-state index in [2.05, 4.69) is 15.9 Å². The van der Waals surface area contributed by atoms with E-state index >= 15 is 0 Å². The molecule has 3 nitrogen and oxygen atoms in total. The number of hydrogen-bond acceptors (Lipinski definition) is 3. The van der Waals surface area contributed by atoms with E-state index in [0.29, 0.717) is 12.2 Å². The fourth-order valence-electron chi connectivity index (χ4n) is 1.83. The molecule has 1 N–H and O–H groups in total. The largest absolute Gasteiger partial charge is 0.478 e. The highest BCUT2D eigenvalue weighted by molar-refractivity contribution is 9.11. The number of carboxylic acids is 1. The highest BCUT2D eigenvalue weighted by Crippen LogP contribution is 2.29. The Balaban J connectivity index is 2.31. The molecule has 0 aliphatic carbocycles. The second kappa shape index (κ2) is 5.94. The SMILES string of the molecule is CN(Cc1csc(Br)c1)c1cccc(Cl)c1C(=O)O. The zero-order chi connectivity index (χ0) is 14.0. The van der Waals surface area contributed by atoms with Gasteiger partial charge in [-0.3, -0.25) is 0 Å². The summed E-state index contributed by atoms with van der Waals surface area (Å²) in [5, 5.41) is 11.5. The van der Waals surface area contributed by atoms with Crippen molar-refractivity contribution in [1.29, 1.82) is 0 Å². The summed E-state index contributed by atoms with van der Waals surface area (Å²) < 4.78 is 1.06. The van der Waals surface area contributed by atoms with Crippen molar-refractivity contribution in [1.82, 2.24) is 0 Å². The van der Waals surface area contributed by atoms with E-state index in [9.17, 15) is 9.90 Å². The van der Waals surface area contributed by atoms with Crippen LogP contribution in [0.25, 0.3) is 0 Å². The first kappa shape index (κ1) is 14.4. The predicted molar refractivity (Wildman–Crippen MR) is 82.5 cm³/mol. The Labute approximate surface area is 128 Å². The number of benzene rings is 1. The van der Waals surface area contributed by atoms with E-state index in [1.165, 1.54) is 0 Å². The van der Waals surface area contributed by atoms with Gasteiger partial charge in [0.2, 0.25) is 0 Å². The highest BCUT2D eigenvalue weighted by Gasteiger charge is 2.17. The molecule has 0 saturated heterocycles. The average molecular weight is 361 g/mol. The molecule has 2 rings (SSSR count). The molecule has 0 unspecified atom stereocenters. The fourth-order valence-corrected chi connectivity index (χ4v) is 3.28. The lowest BCUT2D eigenvalue weighted by Crippen LogP contribution is -2.19. The number of hydrogen-bond donors (Lipinski definition) is 1. The van der Waals surface area contributed by atoms with Gasteiger partial charge in [-0.05, 0) is 45.1 Å². The third-order valence-electron chi connectivity index (χ3n) is 2.66. The van der Waals surface area contributed by atoms with Gasteiger partial charge < -0.3 is 10.0 Å². The molecule has 0 radical (unpaired) electrons. The molecule has 2 aromatic rings. The van der Waals surface area contributed by atoms with E-state index in [4.69, 9.17) is 11.6 Å². The molecule has 19 heavy (non-hydrogen) atoms. The van der Waals surface area contributed by atoms with Crippen LogP contribution in [-0.4, -0.2) is 18.1 Å². The van der Waals surface area contributed by atoms with Gasteiger partial charge in [0.15, 0.2) is 0 Å². The van der Waals surface area contributed by atoms with Crippen LogP contribution in [0, 0.1) is 0 Å². The Morgan fingerprint density at radius 3 is 2.84 bits per heavy atom. The predicted octanol–water partition coefficient (Wildman–Crippen LogP) is 4.50. The molecular weight excluding hydrogens is 350 g/mol. The summed E-state index contributed by atoms with van der Waals surface area (Å²) in [4.78, 5) is 13.2. The van der Waals surface area contributed by atoms with Gasteiger partial charge in [-0.2, -0.15) is 0 Å². The van der Waals surface area contributed by atoms with Crippen molar-refractivity contribution in [3.63, 3.8) is 0 Å². The zero-order valence-electron chi connectivity index (χ0n) is 10.1. The molecule has 100 valence electrons. The highest BCUT2D eigenvalue weighted by atomic mass is 79.9. The Bertz CT molecular complexity index is 614. The summed E-state index contributed by atoms with van der Waals surface area (Å²) in [5.41, 5.74) is 1.87. The van der Waals surface area contributed by atoms with Gasteiger partial charge in [0.1, 0.15) is 5.56 Å². The average Bonchev–Trinajstić information content (AvgIpc) is 2.73. The second-order valence-corrected chi connectivity index (χ2v) is 6.75. The van der Waals surface area contributed by atoms with Gasteiger partial charge in [0.05, 0.1) is 14.5 Å². The van der Waals surface area contributed by atoms with Crippen molar-refractivity contribution in [2.75, 3.05) is 11.9 Å². The van der Waals surface area contributed by atoms with E-state index in [0.717, 1.165) is 9.35 Å². The monoisotopic (exact) mass is 359 g/mol. The number of anilines is 1. The Hall–Kier alpha value is -1.04. The maximum Gasteiger partial charge on any atom is 0.339 e. The summed E-state index contributed by atoms with van der Waals surface area (Å²) in [6.07, 6.45) is 0. The minimum Gasteiger partial charge on any atom is -0.478 e. The first-order valence-electron chi connectivity index (χ1n) is 5.45. The molecule has 6 heteroatoms. The van der Waals surface area contributed by atoms with E-state index in [1.807, 2.05) is 23.4 Å². The molecule has 0 aliphatic rings. The lowest BCUT2D eigenvalue weighted by molar-refractivity contribution is 0.0697. The number of aromatic carboxylic acids is 1. The standard InChI is InChI=1S/C13H11BrClNO2S/c1-16(6-8-5-11(14)19-7-8)10-4-2-3-9(15)12(10)13(17)18/h2-5,7H,6H2,1H3,(H,17,18). The maximum atomic E-state index is 11.3.